The topological polar surface area (TPSA) is 96.8 Å². The minimum Gasteiger partial charge on any atom is -0.481 e. The van der Waals surface area contributed by atoms with E-state index in [2.05, 4.69) is 45.3 Å². The van der Waals surface area contributed by atoms with Crippen LogP contribution in [0.1, 0.15) is 63.9 Å². The van der Waals surface area contributed by atoms with Gasteiger partial charge in [-0.15, -0.1) is 0 Å². The monoisotopic (exact) mass is 468 g/mol. The Morgan fingerprint density at radius 2 is 1.94 bits per heavy atom. The third-order valence-electron chi connectivity index (χ3n) is 6.74. The van der Waals surface area contributed by atoms with Gasteiger partial charge in [0, 0.05) is 25.8 Å². The highest BCUT2D eigenvalue weighted by Gasteiger charge is 2.25. The molecule has 4 rings (SSSR count). The van der Waals surface area contributed by atoms with Crippen molar-refractivity contribution in [2.75, 3.05) is 36.6 Å². The van der Waals surface area contributed by atoms with Crippen molar-refractivity contribution in [1.82, 2.24) is 9.97 Å². The van der Waals surface area contributed by atoms with E-state index in [1.807, 2.05) is 6.92 Å². The molecule has 1 saturated carbocycles. The Morgan fingerprint density at radius 3 is 2.56 bits per heavy atom. The molecular formula is C26H36N4O4. The standard InChI is InChI=1S/C26H36N4O4/c1-3-19(14-25(31)32)20-7-8-24(30(4-2)22-9-11-33-12-10-22)23(13-20)29-21-15-27-26(28-16-21)34-17-18-5-6-18/h7-8,13,15-16,18-19,22,29H,3-6,9-12,14,17H2,1-2H3,(H,31,32). The highest BCUT2D eigenvalue weighted by molar-refractivity contribution is 5.77. The Bertz CT molecular complexity index is 942. The lowest BCUT2D eigenvalue weighted by Gasteiger charge is -2.36. The van der Waals surface area contributed by atoms with E-state index >= 15 is 0 Å². The fourth-order valence-electron chi connectivity index (χ4n) is 4.58. The Morgan fingerprint density at radius 1 is 1.21 bits per heavy atom. The molecule has 34 heavy (non-hydrogen) atoms. The molecule has 1 aliphatic heterocycles. The number of carboxylic acid groups (broad SMARTS) is 1. The molecule has 0 amide bonds. The second-order valence-corrected chi connectivity index (χ2v) is 9.24. The second kappa shape index (κ2) is 11.5. The van der Waals surface area contributed by atoms with Crippen molar-refractivity contribution >= 4 is 23.0 Å². The lowest BCUT2D eigenvalue weighted by atomic mass is 9.92. The van der Waals surface area contributed by atoms with Gasteiger partial charge < -0.3 is 24.8 Å². The van der Waals surface area contributed by atoms with Crippen LogP contribution in [0, 0.1) is 5.92 Å². The predicted molar refractivity (Wildman–Crippen MR) is 132 cm³/mol. The van der Waals surface area contributed by atoms with Gasteiger partial charge in [0.25, 0.3) is 0 Å². The summed E-state index contributed by atoms with van der Waals surface area (Å²) >= 11 is 0. The number of ether oxygens (including phenoxy) is 2. The molecule has 8 nitrogen and oxygen atoms in total. The number of nitrogens with zero attached hydrogens (tertiary/aromatic N) is 3. The molecule has 1 saturated heterocycles. The summed E-state index contributed by atoms with van der Waals surface area (Å²) in [5, 5.41) is 12.9. The summed E-state index contributed by atoms with van der Waals surface area (Å²) in [5.41, 5.74) is 3.82. The molecule has 1 aliphatic carbocycles. The minimum absolute atomic E-state index is 0.0419. The number of carbonyl (C=O) groups is 1. The molecule has 0 radical (unpaired) electrons. The lowest BCUT2D eigenvalue weighted by molar-refractivity contribution is -0.137. The van der Waals surface area contributed by atoms with Gasteiger partial charge in [0.1, 0.15) is 0 Å². The van der Waals surface area contributed by atoms with Crippen LogP contribution in [0.15, 0.2) is 30.6 Å². The summed E-state index contributed by atoms with van der Waals surface area (Å²) < 4.78 is 11.3. The van der Waals surface area contributed by atoms with E-state index in [-0.39, 0.29) is 12.3 Å². The number of aromatic nitrogens is 2. The highest BCUT2D eigenvalue weighted by Crippen LogP contribution is 2.36. The molecule has 8 heteroatoms. The maximum Gasteiger partial charge on any atom is 0.316 e. The van der Waals surface area contributed by atoms with Crippen molar-refractivity contribution in [3.63, 3.8) is 0 Å². The lowest BCUT2D eigenvalue weighted by Crippen LogP contribution is -2.39. The zero-order valence-corrected chi connectivity index (χ0v) is 20.2. The van der Waals surface area contributed by atoms with Crippen LogP contribution in [0.2, 0.25) is 0 Å². The van der Waals surface area contributed by atoms with Crippen molar-refractivity contribution < 1.29 is 19.4 Å². The summed E-state index contributed by atoms with van der Waals surface area (Å²) in [5.74, 6) is -0.174. The quantitative estimate of drug-likeness (QED) is 0.450. The van der Waals surface area contributed by atoms with E-state index in [4.69, 9.17) is 9.47 Å². The highest BCUT2D eigenvalue weighted by atomic mass is 16.5. The summed E-state index contributed by atoms with van der Waals surface area (Å²) in [6, 6.07) is 7.09. The van der Waals surface area contributed by atoms with Gasteiger partial charge in [-0.3, -0.25) is 4.79 Å². The molecule has 1 aromatic heterocycles. The Kier molecular flexibility index (Phi) is 8.21. The van der Waals surface area contributed by atoms with E-state index in [1.165, 1.54) is 12.8 Å². The van der Waals surface area contributed by atoms with E-state index in [9.17, 15) is 9.90 Å². The van der Waals surface area contributed by atoms with Crippen LogP contribution < -0.4 is 15.0 Å². The molecule has 0 spiro atoms. The molecular weight excluding hydrogens is 432 g/mol. The van der Waals surface area contributed by atoms with Gasteiger partial charge >= 0.3 is 12.0 Å². The number of nitrogens with one attached hydrogen (secondary N) is 1. The second-order valence-electron chi connectivity index (χ2n) is 9.24. The molecule has 1 unspecified atom stereocenters. The van der Waals surface area contributed by atoms with Crippen LogP contribution in [0.25, 0.3) is 0 Å². The summed E-state index contributed by atoms with van der Waals surface area (Å²) in [4.78, 5) is 22.6. The molecule has 1 atom stereocenters. The number of benzene rings is 1. The van der Waals surface area contributed by atoms with Gasteiger partial charge in [0.2, 0.25) is 0 Å². The SMILES string of the molecule is CCC(CC(=O)O)c1ccc(N(CC)C2CCOCC2)c(Nc2cnc(OCC3CC3)nc2)c1. The first kappa shape index (κ1) is 24.3. The molecule has 2 aromatic rings. The van der Waals surface area contributed by atoms with E-state index in [0.29, 0.717) is 24.6 Å². The fraction of sp³-hybridized carbons (Fsp3) is 0.577. The van der Waals surface area contributed by atoms with Gasteiger partial charge in [-0.2, -0.15) is 0 Å². The van der Waals surface area contributed by atoms with Crippen molar-refractivity contribution in [1.29, 1.82) is 0 Å². The molecule has 2 aliphatic rings. The predicted octanol–water partition coefficient (Wildman–Crippen LogP) is 4.98. The number of rotatable bonds is 12. The van der Waals surface area contributed by atoms with Crippen LogP contribution in [0.5, 0.6) is 6.01 Å². The van der Waals surface area contributed by atoms with Crippen molar-refractivity contribution in [3.05, 3.63) is 36.2 Å². The fourth-order valence-corrected chi connectivity index (χ4v) is 4.58. The largest absolute Gasteiger partial charge is 0.481 e. The Balaban J connectivity index is 1.60. The molecule has 2 fully saturated rings. The number of hydrogen-bond donors (Lipinski definition) is 2. The van der Waals surface area contributed by atoms with Gasteiger partial charge in [-0.25, -0.2) is 9.97 Å². The zero-order valence-electron chi connectivity index (χ0n) is 20.2. The number of carboxylic acids is 1. The van der Waals surface area contributed by atoms with Crippen LogP contribution in [0.4, 0.5) is 17.1 Å². The van der Waals surface area contributed by atoms with Gasteiger partial charge in [0.15, 0.2) is 0 Å². The number of aliphatic carboxylic acids is 1. The van der Waals surface area contributed by atoms with Gasteiger partial charge in [-0.05, 0) is 68.6 Å². The first-order chi connectivity index (χ1) is 16.6. The van der Waals surface area contributed by atoms with E-state index in [0.717, 1.165) is 61.6 Å². The number of hydrogen-bond acceptors (Lipinski definition) is 7. The zero-order chi connectivity index (χ0) is 23.9. The third-order valence-corrected chi connectivity index (χ3v) is 6.74. The summed E-state index contributed by atoms with van der Waals surface area (Å²) in [6.07, 6.45) is 8.78. The molecule has 0 bridgehead atoms. The average molecular weight is 469 g/mol. The van der Waals surface area contributed by atoms with Crippen LogP contribution in [-0.2, 0) is 9.53 Å². The minimum atomic E-state index is -0.780. The summed E-state index contributed by atoms with van der Waals surface area (Å²) in [7, 11) is 0. The maximum absolute atomic E-state index is 11.4. The van der Waals surface area contributed by atoms with Crippen molar-refractivity contribution in [3.8, 4) is 6.01 Å². The Labute approximate surface area is 201 Å². The molecule has 2 heterocycles. The van der Waals surface area contributed by atoms with Crippen LogP contribution in [-0.4, -0.2) is 53.5 Å². The molecule has 184 valence electrons. The first-order valence-electron chi connectivity index (χ1n) is 12.5. The first-order valence-corrected chi connectivity index (χ1v) is 12.5. The average Bonchev–Trinajstić information content (AvgIpc) is 3.69. The molecule has 2 N–H and O–H groups in total. The van der Waals surface area contributed by atoms with Crippen molar-refractivity contribution in [2.24, 2.45) is 5.92 Å². The van der Waals surface area contributed by atoms with E-state index < -0.39 is 5.97 Å². The maximum atomic E-state index is 11.4. The third kappa shape index (κ3) is 6.38. The van der Waals surface area contributed by atoms with Crippen LogP contribution in [0.3, 0.4) is 0 Å². The van der Waals surface area contributed by atoms with Crippen LogP contribution >= 0.6 is 0 Å². The van der Waals surface area contributed by atoms with Gasteiger partial charge in [0.05, 0.1) is 42.5 Å². The smallest absolute Gasteiger partial charge is 0.316 e. The van der Waals surface area contributed by atoms with E-state index in [1.54, 1.807) is 12.4 Å². The summed E-state index contributed by atoms with van der Waals surface area (Å²) in [6.45, 7) is 7.29. The Hall–Kier alpha value is -2.87. The number of anilines is 3. The normalized spacial score (nSPS) is 17.2. The van der Waals surface area contributed by atoms with Gasteiger partial charge in [-0.1, -0.05) is 13.0 Å². The van der Waals surface area contributed by atoms with Crippen molar-refractivity contribution in [2.45, 2.75) is 64.3 Å². The molecule has 1 aromatic carbocycles.